The van der Waals surface area contributed by atoms with E-state index in [0.29, 0.717) is 0 Å². The van der Waals surface area contributed by atoms with Crippen LogP contribution in [0, 0.1) is 0 Å². The minimum atomic E-state index is 0. The van der Waals surface area contributed by atoms with Crippen molar-refractivity contribution in [3.8, 4) is 0 Å². The van der Waals surface area contributed by atoms with Gasteiger partial charge in [-0.2, -0.15) is 0 Å². The third kappa shape index (κ3) is 5.25. The molecule has 0 saturated carbocycles. The Bertz CT molecular complexity index is 451. The lowest BCUT2D eigenvalue weighted by Gasteiger charge is -2.29. The minimum absolute atomic E-state index is 0. The molecule has 0 fully saturated rings. The Hall–Kier alpha value is -1.64. The van der Waals surface area contributed by atoms with E-state index in [-0.39, 0.29) is 6.61 Å². The van der Waals surface area contributed by atoms with Gasteiger partial charge in [-0.15, -0.1) is 6.61 Å². The van der Waals surface area contributed by atoms with Crippen LogP contribution in [0.1, 0.15) is 12.5 Å². The Kier molecular flexibility index (Phi) is 6.26. The number of benzene rings is 2. The lowest BCUT2D eigenvalue weighted by molar-refractivity contribution is -0.361. The van der Waals surface area contributed by atoms with E-state index in [9.17, 15) is 0 Å². The zero-order valence-corrected chi connectivity index (χ0v) is 12.0. The number of quaternary nitrogens is 1. The molecule has 0 heterocycles. The number of hydrogen-bond donors (Lipinski definition) is 0. The van der Waals surface area contributed by atoms with Crippen LogP contribution in [0.4, 0.5) is 5.69 Å². The molecule has 0 atom stereocenters. The van der Waals surface area contributed by atoms with Gasteiger partial charge in [-0.3, -0.25) is 4.48 Å². The molecule has 0 aliphatic rings. The van der Waals surface area contributed by atoms with Crippen molar-refractivity contribution in [3.63, 3.8) is 0 Å². The van der Waals surface area contributed by atoms with Crippen LogP contribution in [-0.4, -0.2) is 20.7 Å². The fraction of sp³-hybridized carbons (Fsp3) is 0.294. The average molecular weight is 257 g/mol. The number of rotatable bonds is 3. The summed E-state index contributed by atoms with van der Waals surface area (Å²) >= 11 is 0. The molecule has 2 nitrogen and oxygen atoms in total. The van der Waals surface area contributed by atoms with Gasteiger partial charge in [0.1, 0.15) is 12.2 Å². The van der Waals surface area contributed by atoms with E-state index in [1.54, 1.807) is 6.92 Å². The zero-order chi connectivity index (χ0) is 14.1. The number of nitrogens with zero attached hydrogens (tertiary/aromatic N) is 1. The van der Waals surface area contributed by atoms with Crippen molar-refractivity contribution in [2.45, 2.75) is 13.5 Å². The summed E-state index contributed by atoms with van der Waals surface area (Å²) in [6, 6.07) is 21.2. The average Bonchev–Trinajstić information content (AvgIpc) is 2.41. The molecule has 2 heteroatoms. The first kappa shape index (κ1) is 15.4. The standard InChI is InChI=1S/C15H18N.C2H5O/c1-16(2,15-11-7-4-8-12-15)13-14-9-5-3-6-10-14;1-2-3/h3-12H,13H2,1-2H3;2H2,1H3/q+1;-1. The molecule has 0 unspecified atom stereocenters. The second-order valence-corrected chi connectivity index (χ2v) is 4.95. The summed E-state index contributed by atoms with van der Waals surface area (Å²) in [6.45, 7) is 2.59. The summed E-state index contributed by atoms with van der Waals surface area (Å²) in [7, 11) is 4.48. The first-order chi connectivity index (χ1) is 9.10. The van der Waals surface area contributed by atoms with Crippen LogP contribution < -0.4 is 9.59 Å². The van der Waals surface area contributed by atoms with Gasteiger partial charge in [0.05, 0.1) is 14.1 Å². The molecular weight excluding hydrogens is 234 g/mol. The highest BCUT2D eigenvalue weighted by molar-refractivity contribution is 5.41. The summed E-state index contributed by atoms with van der Waals surface area (Å²) < 4.78 is 0.880. The predicted octanol–water partition coefficient (Wildman–Crippen LogP) is 2.82. The predicted molar refractivity (Wildman–Crippen MR) is 80.8 cm³/mol. The highest BCUT2D eigenvalue weighted by atomic mass is 16.2. The summed E-state index contributed by atoms with van der Waals surface area (Å²) in [4.78, 5) is 0. The lowest BCUT2D eigenvalue weighted by Crippen LogP contribution is -2.39. The van der Waals surface area contributed by atoms with Crippen LogP contribution in [0.25, 0.3) is 0 Å². The fourth-order valence-electron chi connectivity index (χ4n) is 1.96. The Labute approximate surface area is 116 Å². The van der Waals surface area contributed by atoms with E-state index in [1.165, 1.54) is 11.3 Å². The zero-order valence-electron chi connectivity index (χ0n) is 12.0. The molecule has 2 aromatic rings. The molecule has 0 N–H and O–H groups in total. The molecule has 0 radical (unpaired) electrons. The second kappa shape index (κ2) is 7.72. The van der Waals surface area contributed by atoms with Gasteiger partial charge in [0, 0.05) is 5.56 Å². The fourth-order valence-corrected chi connectivity index (χ4v) is 1.96. The van der Waals surface area contributed by atoms with Gasteiger partial charge >= 0.3 is 0 Å². The topological polar surface area (TPSA) is 23.1 Å². The van der Waals surface area contributed by atoms with Gasteiger partial charge in [0.2, 0.25) is 0 Å². The molecule has 0 aliphatic carbocycles. The molecule has 19 heavy (non-hydrogen) atoms. The van der Waals surface area contributed by atoms with Crippen LogP contribution in [-0.2, 0) is 6.54 Å². The van der Waals surface area contributed by atoms with Crippen molar-refractivity contribution in [1.29, 1.82) is 0 Å². The maximum absolute atomic E-state index is 8.93. The van der Waals surface area contributed by atoms with Gasteiger partial charge in [-0.1, -0.05) is 55.5 Å². The van der Waals surface area contributed by atoms with E-state index in [1.807, 2.05) is 0 Å². The summed E-state index contributed by atoms with van der Waals surface area (Å²) in [5.41, 5.74) is 2.71. The second-order valence-electron chi connectivity index (χ2n) is 4.95. The Morgan fingerprint density at radius 1 is 0.842 bits per heavy atom. The first-order valence-electron chi connectivity index (χ1n) is 6.60. The van der Waals surface area contributed by atoms with Crippen LogP contribution >= 0.6 is 0 Å². The monoisotopic (exact) mass is 257 g/mol. The van der Waals surface area contributed by atoms with Crippen molar-refractivity contribution < 1.29 is 5.11 Å². The Morgan fingerprint density at radius 2 is 1.26 bits per heavy atom. The van der Waals surface area contributed by atoms with Crippen molar-refractivity contribution in [1.82, 2.24) is 4.48 Å². The SMILES string of the molecule is CC[O-].C[N+](C)(Cc1ccccc1)c1ccccc1. The lowest BCUT2D eigenvalue weighted by atomic mass is 10.2. The van der Waals surface area contributed by atoms with Gasteiger partial charge < -0.3 is 5.11 Å². The third-order valence-corrected chi connectivity index (χ3v) is 2.88. The van der Waals surface area contributed by atoms with E-state index in [2.05, 4.69) is 74.8 Å². The molecule has 2 rings (SSSR count). The van der Waals surface area contributed by atoms with E-state index in [4.69, 9.17) is 5.11 Å². The van der Waals surface area contributed by atoms with Gasteiger partial charge in [0.15, 0.2) is 0 Å². The molecule has 0 saturated heterocycles. The molecule has 0 aromatic heterocycles. The van der Waals surface area contributed by atoms with Crippen LogP contribution in [0.15, 0.2) is 60.7 Å². The van der Waals surface area contributed by atoms with Gasteiger partial charge in [0.25, 0.3) is 0 Å². The largest absolute Gasteiger partial charge is 0.855 e. The first-order valence-corrected chi connectivity index (χ1v) is 6.60. The van der Waals surface area contributed by atoms with Crippen LogP contribution in [0.5, 0.6) is 0 Å². The summed E-state index contributed by atoms with van der Waals surface area (Å²) in [6.07, 6.45) is 0. The highest BCUT2D eigenvalue weighted by Crippen LogP contribution is 2.21. The molecule has 102 valence electrons. The van der Waals surface area contributed by atoms with Crippen LogP contribution in [0.3, 0.4) is 0 Å². The highest BCUT2D eigenvalue weighted by Gasteiger charge is 2.18. The maximum atomic E-state index is 8.93. The Balaban J connectivity index is 0.000000550. The molecule has 0 aliphatic heterocycles. The molecular formula is C17H23NO. The van der Waals surface area contributed by atoms with Crippen molar-refractivity contribution in [2.24, 2.45) is 0 Å². The smallest absolute Gasteiger partial charge is 0.132 e. The number of hydrogen-bond acceptors (Lipinski definition) is 1. The van der Waals surface area contributed by atoms with E-state index >= 15 is 0 Å². The Morgan fingerprint density at radius 3 is 1.74 bits per heavy atom. The molecule has 0 amide bonds. The van der Waals surface area contributed by atoms with Crippen LogP contribution in [0.2, 0.25) is 0 Å². The van der Waals surface area contributed by atoms with Gasteiger partial charge in [-0.05, 0) is 12.1 Å². The summed E-state index contributed by atoms with van der Waals surface area (Å²) in [5.74, 6) is 0. The quantitative estimate of drug-likeness (QED) is 0.775. The maximum Gasteiger partial charge on any atom is 0.132 e. The van der Waals surface area contributed by atoms with Crippen molar-refractivity contribution in [3.05, 3.63) is 66.2 Å². The number of para-hydroxylation sites is 1. The van der Waals surface area contributed by atoms with Crippen molar-refractivity contribution >= 4 is 5.69 Å². The third-order valence-electron chi connectivity index (χ3n) is 2.88. The van der Waals surface area contributed by atoms with E-state index in [0.717, 1.165) is 11.0 Å². The normalized spacial score (nSPS) is 10.5. The molecule has 2 aromatic carbocycles. The van der Waals surface area contributed by atoms with Crippen molar-refractivity contribution in [2.75, 3.05) is 20.7 Å². The molecule has 0 spiro atoms. The van der Waals surface area contributed by atoms with Gasteiger partial charge in [-0.25, -0.2) is 0 Å². The van der Waals surface area contributed by atoms with E-state index < -0.39 is 0 Å². The summed E-state index contributed by atoms with van der Waals surface area (Å²) in [5, 5.41) is 8.93. The molecule has 0 bridgehead atoms. The minimum Gasteiger partial charge on any atom is -0.855 e.